The number of carbonyl (C=O) groups is 5. The van der Waals surface area contributed by atoms with Crippen molar-refractivity contribution in [2.75, 3.05) is 29.9 Å². The maximum atomic E-state index is 13.7. The van der Waals surface area contributed by atoms with E-state index < -0.39 is 28.7 Å². The number of nitrogens with zero attached hydrogens (tertiary/aromatic N) is 2. The van der Waals surface area contributed by atoms with Crippen LogP contribution in [0.5, 0.6) is 5.75 Å². The predicted molar refractivity (Wildman–Crippen MR) is 156 cm³/mol. The van der Waals surface area contributed by atoms with Gasteiger partial charge < -0.3 is 25.0 Å². The number of rotatable bonds is 3. The largest absolute Gasteiger partial charge is 0.484 e. The highest BCUT2D eigenvalue weighted by molar-refractivity contribution is 6.08. The van der Waals surface area contributed by atoms with Gasteiger partial charge in [-0.25, -0.2) is 9.59 Å². The molecular weight excluding hydrogens is 554 g/mol. The number of amides is 6. The lowest BCUT2D eigenvalue weighted by Gasteiger charge is -2.40. The number of fused-ring (bicyclic) bond motifs is 2. The zero-order valence-electron chi connectivity index (χ0n) is 24.5. The summed E-state index contributed by atoms with van der Waals surface area (Å²) in [6.45, 7) is 6.01. The number of hydrogen-bond donors (Lipinski definition) is 3. The Bertz CT molecular complexity index is 1520. The lowest BCUT2D eigenvalue weighted by Crippen LogP contribution is -2.52. The number of benzene rings is 2. The third-order valence-corrected chi connectivity index (χ3v) is 8.37. The molecular formula is C31H35N5O7. The molecule has 3 aliphatic heterocycles. The summed E-state index contributed by atoms with van der Waals surface area (Å²) in [5, 5.41) is 7.91. The van der Waals surface area contributed by atoms with E-state index in [-0.39, 0.29) is 30.9 Å². The van der Waals surface area contributed by atoms with Gasteiger partial charge in [-0.1, -0.05) is 18.2 Å². The molecule has 12 heteroatoms. The van der Waals surface area contributed by atoms with Crippen LogP contribution >= 0.6 is 0 Å². The van der Waals surface area contributed by atoms with Crippen molar-refractivity contribution in [2.24, 2.45) is 0 Å². The molecule has 2 spiro atoms. The molecule has 3 N–H and O–H groups in total. The van der Waals surface area contributed by atoms with E-state index in [1.165, 1.54) is 4.90 Å². The van der Waals surface area contributed by atoms with Crippen molar-refractivity contribution in [1.82, 2.24) is 15.5 Å². The summed E-state index contributed by atoms with van der Waals surface area (Å²) in [5.74, 6) is -0.483. The molecule has 0 bridgehead atoms. The van der Waals surface area contributed by atoms with Gasteiger partial charge in [0.25, 0.3) is 5.91 Å². The van der Waals surface area contributed by atoms with Crippen molar-refractivity contribution in [2.45, 2.75) is 69.6 Å². The van der Waals surface area contributed by atoms with Gasteiger partial charge in [0.2, 0.25) is 11.8 Å². The molecule has 0 aromatic heterocycles. The van der Waals surface area contributed by atoms with Gasteiger partial charge in [0.15, 0.2) is 0 Å². The number of nitrogens with one attached hydrogen (secondary N) is 3. The molecule has 1 atom stereocenters. The van der Waals surface area contributed by atoms with Crippen LogP contribution in [0.2, 0.25) is 0 Å². The second-order valence-electron chi connectivity index (χ2n) is 12.8. The highest BCUT2D eigenvalue weighted by atomic mass is 16.6. The zero-order chi connectivity index (χ0) is 30.6. The summed E-state index contributed by atoms with van der Waals surface area (Å²) >= 11 is 0. The molecule has 226 valence electrons. The summed E-state index contributed by atoms with van der Waals surface area (Å²) in [6.07, 6.45) is 1.27. The average Bonchev–Trinajstić information content (AvgIpc) is 3.39. The minimum absolute atomic E-state index is 0.0613. The number of hydrogen-bond acceptors (Lipinski definition) is 7. The Labute approximate surface area is 249 Å². The van der Waals surface area contributed by atoms with Crippen LogP contribution in [0.15, 0.2) is 42.5 Å². The van der Waals surface area contributed by atoms with Crippen LogP contribution in [-0.4, -0.2) is 71.1 Å². The van der Waals surface area contributed by atoms with Crippen LogP contribution in [0.3, 0.4) is 0 Å². The monoisotopic (exact) mass is 589 g/mol. The number of ether oxygens (including phenoxy) is 2. The molecule has 6 amide bonds. The average molecular weight is 590 g/mol. The van der Waals surface area contributed by atoms with Crippen molar-refractivity contribution >= 4 is 41.2 Å². The van der Waals surface area contributed by atoms with Gasteiger partial charge in [0, 0.05) is 44.5 Å². The summed E-state index contributed by atoms with van der Waals surface area (Å²) < 4.78 is 12.0. The van der Waals surface area contributed by atoms with Crippen LogP contribution < -0.4 is 25.6 Å². The molecule has 2 aromatic rings. The van der Waals surface area contributed by atoms with Gasteiger partial charge in [-0.05, 0) is 56.2 Å². The van der Waals surface area contributed by atoms with E-state index >= 15 is 0 Å². The molecule has 43 heavy (non-hydrogen) atoms. The van der Waals surface area contributed by atoms with Gasteiger partial charge in [-0.2, -0.15) is 0 Å². The Morgan fingerprint density at radius 3 is 2.42 bits per heavy atom. The Hall–Kier alpha value is -4.61. The van der Waals surface area contributed by atoms with Crippen molar-refractivity contribution in [3.8, 4) is 5.75 Å². The van der Waals surface area contributed by atoms with Crippen molar-refractivity contribution in [1.29, 1.82) is 0 Å². The Balaban J connectivity index is 1.14. The molecule has 12 nitrogen and oxygen atoms in total. The minimum Gasteiger partial charge on any atom is -0.484 e. The first-order valence-corrected chi connectivity index (χ1v) is 14.5. The van der Waals surface area contributed by atoms with Gasteiger partial charge in [0.1, 0.15) is 29.0 Å². The smallest absolute Gasteiger partial charge is 0.410 e. The molecule has 2 aromatic carbocycles. The fourth-order valence-electron chi connectivity index (χ4n) is 6.29. The van der Waals surface area contributed by atoms with Gasteiger partial charge in [0.05, 0.1) is 12.1 Å². The van der Waals surface area contributed by atoms with Gasteiger partial charge in [-0.3, -0.25) is 24.6 Å². The van der Waals surface area contributed by atoms with Crippen LogP contribution in [-0.2, 0) is 32.0 Å². The van der Waals surface area contributed by atoms with E-state index in [4.69, 9.17) is 9.47 Å². The van der Waals surface area contributed by atoms with Crippen LogP contribution in [0.1, 0.15) is 51.2 Å². The first-order valence-electron chi connectivity index (χ1n) is 14.5. The molecule has 2 saturated heterocycles. The second kappa shape index (κ2) is 10.3. The molecule has 0 radical (unpaired) electrons. The van der Waals surface area contributed by atoms with E-state index in [0.29, 0.717) is 55.9 Å². The van der Waals surface area contributed by atoms with Crippen molar-refractivity contribution in [3.63, 3.8) is 0 Å². The fraction of sp³-hybridized carbons (Fsp3) is 0.452. The van der Waals surface area contributed by atoms with Crippen LogP contribution in [0.4, 0.5) is 21.0 Å². The maximum absolute atomic E-state index is 13.7. The predicted octanol–water partition coefficient (Wildman–Crippen LogP) is 2.89. The topological polar surface area (TPSA) is 146 Å². The second-order valence-corrected chi connectivity index (χ2v) is 12.8. The molecule has 2 fully saturated rings. The van der Waals surface area contributed by atoms with Crippen molar-refractivity contribution < 1.29 is 33.4 Å². The quantitative estimate of drug-likeness (QED) is 0.467. The molecule has 0 saturated carbocycles. The number of likely N-dealkylation sites (tertiary alicyclic amines) is 1. The minimum atomic E-state index is -0.997. The lowest BCUT2D eigenvalue weighted by atomic mass is 9.87. The van der Waals surface area contributed by atoms with E-state index in [1.54, 1.807) is 35.2 Å². The summed E-state index contributed by atoms with van der Waals surface area (Å²) in [7, 11) is 0. The highest BCUT2D eigenvalue weighted by Crippen LogP contribution is 2.41. The van der Waals surface area contributed by atoms with Crippen LogP contribution in [0, 0.1) is 0 Å². The normalized spacial score (nSPS) is 22.3. The maximum Gasteiger partial charge on any atom is 0.410 e. The van der Waals surface area contributed by atoms with Crippen LogP contribution in [0.25, 0.3) is 0 Å². The summed E-state index contributed by atoms with van der Waals surface area (Å²) in [5.41, 5.74) is 0.411. The zero-order valence-corrected chi connectivity index (χ0v) is 24.5. The number of piperidine rings is 1. The molecule has 1 unspecified atom stereocenters. The number of anilines is 2. The van der Waals surface area contributed by atoms with E-state index in [9.17, 15) is 24.0 Å². The van der Waals surface area contributed by atoms with Crippen molar-refractivity contribution in [3.05, 3.63) is 53.6 Å². The number of urea groups is 1. The first-order chi connectivity index (χ1) is 20.3. The molecule has 1 aliphatic carbocycles. The standard InChI is InChI=1S/C31H35N5O7/c1-29(2,3)43-28(41)35-12-10-30(11-13-35)17-25(38)36(22-6-4-5-7-23(22)42-30)18-24(37)32-21-9-8-19-15-31(16-20(19)14-21)26(39)33-27(40)34-31/h4-9,14H,10-13,15-18H2,1-3H3,(H,32,37)(H2,33,34,39,40). The molecule has 6 rings (SSSR count). The number of imide groups is 1. The third-order valence-electron chi connectivity index (χ3n) is 8.37. The fourth-order valence-corrected chi connectivity index (χ4v) is 6.29. The first kappa shape index (κ1) is 28.5. The molecule has 3 heterocycles. The molecule has 4 aliphatic rings. The van der Waals surface area contributed by atoms with Gasteiger partial charge >= 0.3 is 12.1 Å². The highest BCUT2D eigenvalue weighted by Gasteiger charge is 2.50. The summed E-state index contributed by atoms with van der Waals surface area (Å²) in [6, 6.07) is 12.0. The van der Waals surface area contributed by atoms with E-state index in [0.717, 1.165) is 11.1 Å². The third kappa shape index (κ3) is 5.61. The van der Waals surface area contributed by atoms with E-state index in [2.05, 4.69) is 16.0 Å². The SMILES string of the molecule is CC(C)(C)OC(=O)N1CCC2(CC1)CC(=O)N(CC(=O)Nc1ccc3c(c1)CC1(C3)NC(=O)NC1=O)c1ccccc1O2. The number of para-hydroxylation sites is 2. The van der Waals surface area contributed by atoms with Gasteiger partial charge in [-0.15, -0.1) is 0 Å². The Morgan fingerprint density at radius 1 is 1.00 bits per heavy atom. The Kier molecular flexibility index (Phi) is 6.82. The Morgan fingerprint density at radius 2 is 1.72 bits per heavy atom. The lowest BCUT2D eigenvalue weighted by molar-refractivity contribution is -0.125. The van der Waals surface area contributed by atoms with E-state index in [1.807, 2.05) is 32.9 Å². The number of carbonyl (C=O) groups excluding carboxylic acids is 5. The summed E-state index contributed by atoms with van der Waals surface area (Å²) in [4.78, 5) is 66.8.